The molecule has 0 saturated carbocycles. The molecule has 1 N–H and O–H groups in total. The smallest absolute Gasteiger partial charge is 0.339 e. The molecule has 7 nitrogen and oxygen atoms in total. The van der Waals surface area contributed by atoms with Gasteiger partial charge in [-0.25, -0.2) is 9.48 Å². The van der Waals surface area contributed by atoms with Crippen LogP contribution in [0, 0.1) is 6.92 Å². The third kappa shape index (κ3) is 4.72. The molecule has 0 atom stereocenters. The number of ether oxygens (including phenoxy) is 1. The van der Waals surface area contributed by atoms with E-state index < -0.39 is 5.63 Å². The van der Waals surface area contributed by atoms with E-state index in [1.54, 1.807) is 24.1 Å². The summed E-state index contributed by atoms with van der Waals surface area (Å²) in [6.45, 7) is 2.41. The second-order valence-corrected chi connectivity index (χ2v) is 7.57. The van der Waals surface area contributed by atoms with Gasteiger partial charge in [0.15, 0.2) is 0 Å². The van der Waals surface area contributed by atoms with E-state index >= 15 is 0 Å². The van der Waals surface area contributed by atoms with E-state index in [1.807, 2.05) is 55.6 Å². The van der Waals surface area contributed by atoms with Gasteiger partial charge in [-0.15, -0.1) is 0 Å². The van der Waals surface area contributed by atoms with Crippen LogP contribution in [0.15, 0.2) is 70.1 Å². The maximum absolute atomic E-state index is 12.4. The molecule has 4 rings (SSSR count). The number of nitrogens with one attached hydrogen (secondary N) is 1. The number of carbonyl (C=O) groups is 1. The van der Waals surface area contributed by atoms with Gasteiger partial charge in [-0.1, -0.05) is 12.1 Å². The molecule has 7 heteroatoms. The van der Waals surface area contributed by atoms with Gasteiger partial charge in [0, 0.05) is 42.4 Å². The van der Waals surface area contributed by atoms with Crippen LogP contribution in [-0.4, -0.2) is 29.3 Å². The number of methoxy groups -OCH3 is 1. The van der Waals surface area contributed by atoms with E-state index in [0.29, 0.717) is 29.9 Å². The average Bonchev–Trinajstić information content (AvgIpc) is 3.34. The van der Waals surface area contributed by atoms with Crippen molar-refractivity contribution in [3.8, 4) is 11.4 Å². The highest BCUT2D eigenvalue weighted by Gasteiger charge is 2.13. The van der Waals surface area contributed by atoms with Gasteiger partial charge in [0.1, 0.15) is 11.3 Å². The first-order chi connectivity index (χ1) is 15.5. The van der Waals surface area contributed by atoms with E-state index in [0.717, 1.165) is 28.6 Å². The zero-order chi connectivity index (χ0) is 22.5. The van der Waals surface area contributed by atoms with E-state index in [2.05, 4.69) is 10.4 Å². The van der Waals surface area contributed by atoms with Crippen molar-refractivity contribution in [3.05, 3.63) is 88.0 Å². The Kier molecular flexibility index (Phi) is 6.35. The summed E-state index contributed by atoms with van der Waals surface area (Å²) in [5, 5.41) is 7.98. The highest BCUT2D eigenvalue weighted by molar-refractivity contribution is 5.82. The topological polar surface area (TPSA) is 86.4 Å². The molecule has 0 saturated heterocycles. The molecule has 0 aliphatic rings. The Morgan fingerprint density at radius 1 is 1.16 bits per heavy atom. The molecule has 1 amide bonds. The molecular formula is C25H25N3O4. The van der Waals surface area contributed by atoms with E-state index in [-0.39, 0.29) is 12.3 Å². The van der Waals surface area contributed by atoms with Crippen LogP contribution in [0.5, 0.6) is 5.75 Å². The fourth-order valence-corrected chi connectivity index (χ4v) is 3.70. The first-order valence-corrected chi connectivity index (χ1v) is 10.5. The summed E-state index contributed by atoms with van der Waals surface area (Å²) >= 11 is 0. The summed E-state index contributed by atoms with van der Waals surface area (Å²) in [4.78, 5) is 24.7. The maximum atomic E-state index is 12.4. The van der Waals surface area contributed by atoms with Crippen LogP contribution in [0.3, 0.4) is 0 Å². The second kappa shape index (κ2) is 9.51. The first-order valence-electron chi connectivity index (χ1n) is 10.5. The lowest BCUT2D eigenvalue weighted by Crippen LogP contribution is -2.26. The largest absolute Gasteiger partial charge is 0.497 e. The van der Waals surface area contributed by atoms with Crippen LogP contribution in [-0.2, 0) is 17.6 Å². The maximum Gasteiger partial charge on any atom is 0.339 e. The predicted molar refractivity (Wildman–Crippen MR) is 122 cm³/mol. The van der Waals surface area contributed by atoms with Crippen LogP contribution in [0.2, 0.25) is 0 Å². The minimum atomic E-state index is -0.409. The number of aryl methyl sites for hydroxylation is 1. The number of hydrogen-bond acceptors (Lipinski definition) is 5. The Morgan fingerprint density at radius 2 is 1.97 bits per heavy atom. The van der Waals surface area contributed by atoms with Crippen molar-refractivity contribution in [3.63, 3.8) is 0 Å². The summed E-state index contributed by atoms with van der Waals surface area (Å²) in [6.07, 6.45) is 4.92. The second-order valence-electron chi connectivity index (χ2n) is 7.57. The minimum absolute atomic E-state index is 0.0909. The molecule has 0 aliphatic heterocycles. The number of rotatable bonds is 8. The SMILES string of the molecule is COc1ccc2c(C)c(CCC(=O)NCCc3ccc(-n4cccn4)cc3)c(=O)oc2c1. The summed E-state index contributed by atoms with van der Waals surface area (Å²) < 4.78 is 12.4. The number of amides is 1. The molecule has 164 valence electrons. The molecule has 0 aliphatic carbocycles. The number of nitrogens with zero attached hydrogens (tertiary/aromatic N) is 2. The molecule has 0 bridgehead atoms. The van der Waals surface area contributed by atoms with Crippen LogP contribution in [0.4, 0.5) is 0 Å². The molecule has 4 aromatic rings. The monoisotopic (exact) mass is 431 g/mol. The molecular weight excluding hydrogens is 406 g/mol. The van der Waals surface area contributed by atoms with Gasteiger partial charge < -0.3 is 14.5 Å². The Bertz CT molecular complexity index is 1280. The molecule has 2 heterocycles. The number of carbonyl (C=O) groups excluding carboxylic acids is 1. The molecule has 2 aromatic heterocycles. The molecule has 32 heavy (non-hydrogen) atoms. The molecule has 2 aromatic carbocycles. The van der Waals surface area contributed by atoms with Crippen molar-refractivity contribution in [2.24, 2.45) is 0 Å². The number of aromatic nitrogens is 2. The van der Waals surface area contributed by atoms with Crippen molar-refractivity contribution < 1.29 is 13.9 Å². The van der Waals surface area contributed by atoms with Crippen molar-refractivity contribution in [2.45, 2.75) is 26.2 Å². The fraction of sp³-hybridized carbons (Fsp3) is 0.240. The minimum Gasteiger partial charge on any atom is -0.497 e. The molecule has 0 unspecified atom stereocenters. The Labute approximate surface area is 185 Å². The van der Waals surface area contributed by atoms with Gasteiger partial charge in [0.2, 0.25) is 5.91 Å². The predicted octanol–water partition coefficient (Wildman–Crippen LogP) is 3.59. The van der Waals surface area contributed by atoms with Gasteiger partial charge in [-0.2, -0.15) is 5.10 Å². The standard InChI is InChI=1S/C25H25N3O4/c1-17-21-9-8-20(31-2)16-23(21)32-25(30)22(17)10-11-24(29)26-14-12-18-4-6-19(7-5-18)28-15-3-13-27-28/h3-9,13,15-16H,10-12,14H2,1-2H3,(H,26,29). The number of benzene rings is 2. The first kappa shape index (κ1) is 21.4. The highest BCUT2D eigenvalue weighted by Crippen LogP contribution is 2.24. The van der Waals surface area contributed by atoms with Gasteiger partial charge in [0.25, 0.3) is 0 Å². The van der Waals surface area contributed by atoms with Crippen LogP contribution >= 0.6 is 0 Å². The van der Waals surface area contributed by atoms with Gasteiger partial charge >= 0.3 is 5.63 Å². The van der Waals surface area contributed by atoms with Gasteiger partial charge in [-0.3, -0.25) is 4.79 Å². The molecule has 0 fully saturated rings. The lowest BCUT2D eigenvalue weighted by molar-refractivity contribution is -0.121. The summed E-state index contributed by atoms with van der Waals surface area (Å²) in [6, 6.07) is 15.3. The number of hydrogen-bond donors (Lipinski definition) is 1. The van der Waals surface area contributed by atoms with Gasteiger partial charge in [-0.05, 0) is 61.2 Å². The lowest BCUT2D eigenvalue weighted by Gasteiger charge is -2.09. The Morgan fingerprint density at radius 3 is 2.69 bits per heavy atom. The summed E-state index contributed by atoms with van der Waals surface area (Å²) in [7, 11) is 1.56. The average molecular weight is 431 g/mol. The van der Waals surface area contributed by atoms with Crippen LogP contribution in [0.25, 0.3) is 16.7 Å². The normalized spacial score (nSPS) is 10.9. The highest BCUT2D eigenvalue weighted by atomic mass is 16.5. The molecule has 0 radical (unpaired) electrons. The lowest BCUT2D eigenvalue weighted by atomic mass is 10.0. The third-order valence-electron chi connectivity index (χ3n) is 5.54. The van der Waals surface area contributed by atoms with E-state index in [1.165, 1.54) is 0 Å². The summed E-state index contributed by atoms with van der Waals surface area (Å²) in [5.74, 6) is 0.537. The Balaban J connectivity index is 1.31. The number of fused-ring (bicyclic) bond motifs is 1. The van der Waals surface area contributed by atoms with Crippen LogP contribution < -0.4 is 15.7 Å². The van der Waals surface area contributed by atoms with E-state index in [9.17, 15) is 9.59 Å². The van der Waals surface area contributed by atoms with Crippen molar-refractivity contribution in [1.82, 2.24) is 15.1 Å². The van der Waals surface area contributed by atoms with Crippen molar-refractivity contribution in [2.75, 3.05) is 13.7 Å². The zero-order valence-electron chi connectivity index (χ0n) is 18.1. The zero-order valence-corrected chi connectivity index (χ0v) is 18.1. The van der Waals surface area contributed by atoms with Crippen LogP contribution in [0.1, 0.15) is 23.1 Å². The Hall–Kier alpha value is -3.87. The van der Waals surface area contributed by atoms with Crippen molar-refractivity contribution >= 4 is 16.9 Å². The quantitative estimate of drug-likeness (QED) is 0.431. The van der Waals surface area contributed by atoms with Gasteiger partial charge in [0.05, 0.1) is 12.8 Å². The summed E-state index contributed by atoms with van der Waals surface area (Å²) in [5.41, 5.74) is 3.57. The third-order valence-corrected chi connectivity index (χ3v) is 5.54. The fourth-order valence-electron chi connectivity index (χ4n) is 3.70. The van der Waals surface area contributed by atoms with E-state index in [4.69, 9.17) is 9.15 Å². The van der Waals surface area contributed by atoms with Crippen molar-refractivity contribution in [1.29, 1.82) is 0 Å². The molecule has 0 spiro atoms.